The summed E-state index contributed by atoms with van der Waals surface area (Å²) < 4.78 is 5.17. The molecule has 0 bridgehead atoms. The van der Waals surface area contributed by atoms with Crippen LogP contribution < -0.4 is 5.73 Å². The molecule has 0 fully saturated rings. The minimum atomic E-state index is 0.120. The third-order valence-electron chi connectivity index (χ3n) is 2.74. The molecule has 1 heterocycles. The van der Waals surface area contributed by atoms with Gasteiger partial charge in [-0.3, -0.25) is 0 Å². The number of hydrogen-bond acceptors (Lipinski definition) is 4. The highest BCUT2D eigenvalue weighted by atomic mass is 16.5. The van der Waals surface area contributed by atoms with Gasteiger partial charge in [-0.05, 0) is 12.5 Å². The van der Waals surface area contributed by atoms with Crippen molar-refractivity contribution < 1.29 is 4.52 Å². The van der Waals surface area contributed by atoms with Crippen LogP contribution in [-0.2, 0) is 6.42 Å². The lowest BCUT2D eigenvalue weighted by Gasteiger charge is -1.99. The van der Waals surface area contributed by atoms with Crippen LogP contribution in [0, 0.1) is 6.92 Å². The maximum absolute atomic E-state index is 5.55. The predicted molar refractivity (Wildman–Crippen MR) is 65.8 cm³/mol. The van der Waals surface area contributed by atoms with E-state index in [1.165, 1.54) is 11.1 Å². The minimum Gasteiger partial charge on any atom is -0.339 e. The van der Waals surface area contributed by atoms with Crippen LogP contribution in [0.4, 0.5) is 0 Å². The molecule has 0 aliphatic carbocycles. The molecule has 0 saturated heterocycles. The van der Waals surface area contributed by atoms with Gasteiger partial charge in [0, 0.05) is 18.9 Å². The first-order chi connectivity index (χ1) is 8.19. The molecule has 0 spiro atoms. The van der Waals surface area contributed by atoms with E-state index in [9.17, 15) is 0 Å². The van der Waals surface area contributed by atoms with Crippen molar-refractivity contribution in [2.75, 3.05) is 6.54 Å². The summed E-state index contributed by atoms with van der Waals surface area (Å²) in [7, 11) is 0. The molecule has 0 aliphatic rings. The van der Waals surface area contributed by atoms with Gasteiger partial charge in [0.15, 0.2) is 5.82 Å². The second-order valence-electron chi connectivity index (χ2n) is 4.35. The van der Waals surface area contributed by atoms with Gasteiger partial charge < -0.3 is 10.3 Å². The molecule has 2 N–H and O–H groups in total. The SMILES string of the molecule is Cc1ccc(Cc2noc(C(C)CN)n2)cc1. The lowest BCUT2D eigenvalue weighted by Crippen LogP contribution is -2.09. The Morgan fingerprint density at radius 2 is 2.00 bits per heavy atom. The largest absolute Gasteiger partial charge is 0.339 e. The molecule has 1 aromatic heterocycles. The molecule has 0 radical (unpaired) electrons. The molecule has 4 heteroatoms. The number of aryl methyl sites for hydroxylation is 1. The average molecular weight is 231 g/mol. The van der Waals surface area contributed by atoms with Crippen LogP contribution >= 0.6 is 0 Å². The summed E-state index contributed by atoms with van der Waals surface area (Å²) in [5, 5.41) is 3.96. The second-order valence-corrected chi connectivity index (χ2v) is 4.35. The van der Waals surface area contributed by atoms with E-state index in [-0.39, 0.29) is 5.92 Å². The Morgan fingerprint density at radius 3 is 2.65 bits per heavy atom. The van der Waals surface area contributed by atoms with Gasteiger partial charge >= 0.3 is 0 Å². The fraction of sp³-hybridized carbons (Fsp3) is 0.385. The smallest absolute Gasteiger partial charge is 0.230 e. The highest BCUT2D eigenvalue weighted by Gasteiger charge is 2.12. The first-order valence-electron chi connectivity index (χ1n) is 5.77. The van der Waals surface area contributed by atoms with E-state index in [1.807, 2.05) is 6.92 Å². The highest BCUT2D eigenvalue weighted by Crippen LogP contribution is 2.13. The minimum absolute atomic E-state index is 0.120. The third kappa shape index (κ3) is 2.91. The Hall–Kier alpha value is -1.68. The standard InChI is InChI=1S/C13H17N3O/c1-9-3-5-11(6-4-9)7-12-15-13(17-16-12)10(2)8-14/h3-6,10H,7-8,14H2,1-2H3. The zero-order chi connectivity index (χ0) is 12.3. The van der Waals surface area contributed by atoms with E-state index in [0.29, 0.717) is 24.7 Å². The molecule has 1 unspecified atom stereocenters. The number of hydrogen-bond donors (Lipinski definition) is 1. The molecule has 0 aliphatic heterocycles. The van der Waals surface area contributed by atoms with Crippen molar-refractivity contribution in [1.82, 2.24) is 10.1 Å². The molecule has 17 heavy (non-hydrogen) atoms. The van der Waals surface area contributed by atoms with Crippen LogP contribution in [0.2, 0.25) is 0 Å². The Morgan fingerprint density at radius 1 is 1.29 bits per heavy atom. The molecule has 0 amide bonds. The van der Waals surface area contributed by atoms with Crippen LogP contribution in [0.15, 0.2) is 28.8 Å². The maximum atomic E-state index is 5.55. The van der Waals surface area contributed by atoms with Gasteiger partial charge in [0.25, 0.3) is 0 Å². The van der Waals surface area contributed by atoms with Gasteiger partial charge in [-0.1, -0.05) is 41.9 Å². The van der Waals surface area contributed by atoms with Crippen molar-refractivity contribution in [2.45, 2.75) is 26.2 Å². The third-order valence-corrected chi connectivity index (χ3v) is 2.74. The molecular formula is C13H17N3O. The number of nitrogens with two attached hydrogens (primary N) is 1. The van der Waals surface area contributed by atoms with Gasteiger partial charge in [-0.15, -0.1) is 0 Å². The van der Waals surface area contributed by atoms with Crippen LogP contribution in [0.1, 0.15) is 35.7 Å². The lowest BCUT2D eigenvalue weighted by molar-refractivity contribution is 0.357. The van der Waals surface area contributed by atoms with E-state index in [1.54, 1.807) is 0 Å². The molecule has 0 saturated carbocycles. The Labute approximate surface area is 101 Å². The number of benzene rings is 1. The summed E-state index contributed by atoms with van der Waals surface area (Å²) in [6.07, 6.45) is 0.696. The summed E-state index contributed by atoms with van der Waals surface area (Å²) in [5.41, 5.74) is 7.99. The molecule has 90 valence electrons. The van der Waals surface area contributed by atoms with Gasteiger partial charge in [0.1, 0.15) is 0 Å². The van der Waals surface area contributed by atoms with Gasteiger partial charge in [0.05, 0.1) is 0 Å². The first-order valence-corrected chi connectivity index (χ1v) is 5.77. The first kappa shape index (κ1) is 11.8. The quantitative estimate of drug-likeness (QED) is 0.874. The summed E-state index contributed by atoms with van der Waals surface area (Å²) in [5.74, 6) is 1.45. The van der Waals surface area contributed by atoms with E-state index in [4.69, 9.17) is 10.3 Å². The van der Waals surface area contributed by atoms with Gasteiger partial charge in [-0.25, -0.2) is 0 Å². The zero-order valence-corrected chi connectivity index (χ0v) is 10.2. The van der Waals surface area contributed by atoms with Crippen molar-refractivity contribution in [3.05, 3.63) is 47.1 Å². The molecule has 1 atom stereocenters. The van der Waals surface area contributed by atoms with Crippen molar-refractivity contribution in [1.29, 1.82) is 0 Å². The average Bonchev–Trinajstić information content (AvgIpc) is 2.80. The van der Waals surface area contributed by atoms with Crippen molar-refractivity contribution >= 4 is 0 Å². The normalized spacial score (nSPS) is 12.6. The van der Waals surface area contributed by atoms with E-state index < -0.39 is 0 Å². The van der Waals surface area contributed by atoms with Crippen molar-refractivity contribution in [3.63, 3.8) is 0 Å². The van der Waals surface area contributed by atoms with Crippen LogP contribution in [0.5, 0.6) is 0 Å². The van der Waals surface area contributed by atoms with E-state index in [0.717, 1.165) is 0 Å². The number of rotatable bonds is 4. The topological polar surface area (TPSA) is 64.9 Å². The maximum Gasteiger partial charge on any atom is 0.230 e. The monoisotopic (exact) mass is 231 g/mol. The Kier molecular flexibility index (Phi) is 3.54. The Balaban J connectivity index is 2.08. The summed E-state index contributed by atoms with van der Waals surface area (Å²) in [6.45, 7) is 4.56. The fourth-order valence-electron chi connectivity index (χ4n) is 1.53. The molecule has 2 rings (SSSR count). The van der Waals surface area contributed by atoms with Crippen molar-refractivity contribution in [3.8, 4) is 0 Å². The second kappa shape index (κ2) is 5.10. The van der Waals surface area contributed by atoms with Gasteiger partial charge in [0.2, 0.25) is 5.89 Å². The summed E-state index contributed by atoms with van der Waals surface area (Å²) in [6, 6.07) is 8.33. The fourth-order valence-corrected chi connectivity index (χ4v) is 1.53. The van der Waals surface area contributed by atoms with E-state index in [2.05, 4.69) is 41.3 Å². The van der Waals surface area contributed by atoms with Crippen molar-refractivity contribution in [2.24, 2.45) is 5.73 Å². The number of nitrogens with zero attached hydrogens (tertiary/aromatic N) is 2. The molecular weight excluding hydrogens is 214 g/mol. The van der Waals surface area contributed by atoms with Crippen LogP contribution in [0.3, 0.4) is 0 Å². The highest BCUT2D eigenvalue weighted by molar-refractivity contribution is 5.23. The van der Waals surface area contributed by atoms with Crippen LogP contribution in [0.25, 0.3) is 0 Å². The lowest BCUT2D eigenvalue weighted by atomic mass is 10.1. The summed E-state index contributed by atoms with van der Waals surface area (Å²) >= 11 is 0. The predicted octanol–water partition coefficient (Wildman–Crippen LogP) is 2.03. The Bertz CT molecular complexity index is 476. The molecule has 2 aromatic rings. The molecule has 4 nitrogen and oxygen atoms in total. The van der Waals surface area contributed by atoms with Gasteiger partial charge in [-0.2, -0.15) is 4.98 Å². The number of aromatic nitrogens is 2. The summed E-state index contributed by atoms with van der Waals surface area (Å²) in [4.78, 5) is 4.34. The zero-order valence-electron chi connectivity index (χ0n) is 10.2. The van der Waals surface area contributed by atoms with Crippen LogP contribution in [-0.4, -0.2) is 16.7 Å². The van der Waals surface area contributed by atoms with E-state index >= 15 is 0 Å². The molecule has 1 aromatic carbocycles.